The zero-order chi connectivity index (χ0) is 23.4. The Balaban J connectivity index is 1.71. The molecule has 0 fully saturated rings. The fourth-order valence-corrected chi connectivity index (χ4v) is 5.34. The van der Waals surface area contributed by atoms with E-state index in [1.54, 1.807) is 12.1 Å². The van der Waals surface area contributed by atoms with Gasteiger partial charge < -0.3 is 19.5 Å². The topological polar surface area (TPSA) is 71.4 Å². The van der Waals surface area contributed by atoms with Crippen LogP contribution in [0.3, 0.4) is 0 Å². The molecule has 3 aromatic carbocycles. The number of para-hydroxylation sites is 1. The molecule has 2 atom stereocenters. The number of aromatic hydroxyl groups is 1. The summed E-state index contributed by atoms with van der Waals surface area (Å²) < 4.78 is 11.7. The van der Waals surface area contributed by atoms with Crippen LogP contribution in [0.4, 0.5) is 11.4 Å². The highest BCUT2D eigenvalue weighted by molar-refractivity contribution is 6.05. The molecule has 170 valence electrons. The first-order valence-corrected chi connectivity index (χ1v) is 11.4. The van der Waals surface area contributed by atoms with Crippen molar-refractivity contribution < 1.29 is 19.4 Å². The van der Waals surface area contributed by atoms with Crippen molar-refractivity contribution in [2.24, 2.45) is 4.99 Å². The lowest BCUT2D eigenvalue weighted by Gasteiger charge is -2.47. The van der Waals surface area contributed by atoms with Crippen LogP contribution in [-0.4, -0.2) is 36.7 Å². The van der Waals surface area contributed by atoms with Gasteiger partial charge in [0, 0.05) is 17.6 Å². The van der Waals surface area contributed by atoms with Crippen LogP contribution in [0.1, 0.15) is 49.5 Å². The first kappa shape index (κ1) is 21.3. The number of benzene rings is 3. The van der Waals surface area contributed by atoms with Crippen LogP contribution in [0.5, 0.6) is 11.5 Å². The van der Waals surface area contributed by atoms with Crippen LogP contribution in [0.25, 0.3) is 10.8 Å². The zero-order valence-electron chi connectivity index (χ0n) is 19.4. The predicted octanol–water partition coefficient (Wildman–Crippen LogP) is 5.72. The van der Waals surface area contributed by atoms with Gasteiger partial charge in [-0.3, -0.25) is 4.99 Å². The molecule has 1 N–H and O–H groups in total. The average molecular weight is 445 g/mol. The number of hydrogen-bond acceptors (Lipinski definition) is 6. The molecule has 0 saturated carbocycles. The van der Waals surface area contributed by atoms with Crippen LogP contribution < -0.4 is 9.64 Å². The first-order chi connectivity index (χ1) is 15.9. The smallest absolute Gasteiger partial charge is 0.341 e. The summed E-state index contributed by atoms with van der Waals surface area (Å²) in [6.45, 7) is 7.43. The molecule has 6 heteroatoms. The van der Waals surface area contributed by atoms with Crippen molar-refractivity contribution in [1.82, 2.24) is 0 Å². The van der Waals surface area contributed by atoms with E-state index in [0.717, 1.165) is 30.2 Å². The second-order valence-electron chi connectivity index (χ2n) is 8.91. The van der Waals surface area contributed by atoms with Gasteiger partial charge in [-0.15, -0.1) is 0 Å². The summed E-state index contributed by atoms with van der Waals surface area (Å²) in [5, 5.41) is 11.8. The predicted molar refractivity (Wildman–Crippen MR) is 130 cm³/mol. The number of fused-ring (bicyclic) bond motifs is 4. The molecule has 3 aromatic rings. The third-order valence-corrected chi connectivity index (χ3v) is 7.25. The third-order valence-electron chi connectivity index (χ3n) is 7.25. The van der Waals surface area contributed by atoms with Gasteiger partial charge in [-0.1, -0.05) is 38.1 Å². The first-order valence-electron chi connectivity index (χ1n) is 11.4. The number of carbonyl (C=O) groups excluding carboxylic acids is 1. The fourth-order valence-electron chi connectivity index (χ4n) is 5.34. The summed E-state index contributed by atoms with van der Waals surface area (Å²) >= 11 is 0. The van der Waals surface area contributed by atoms with Crippen molar-refractivity contribution in [3.8, 4) is 11.5 Å². The molecule has 6 nitrogen and oxygen atoms in total. The fraction of sp³-hybridized carbons (Fsp3) is 0.333. The van der Waals surface area contributed by atoms with Crippen LogP contribution in [0.15, 0.2) is 53.5 Å². The maximum atomic E-state index is 12.2. The summed E-state index contributed by atoms with van der Waals surface area (Å²) in [6.07, 6.45) is 3.78. The highest BCUT2D eigenvalue weighted by Crippen LogP contribution is 2.56. The Hall–Kier alpha value is -3.54. The number of carbonyl (C=O) groups is 1. The summed E-state index contributed by atoms with van der Waals surface area (Å²) in [6, 6.07) is 15.5. The van der Waals surface area contributed by atoms with Crippen LogP contribution >= 0.6 is 0 Å². The Morgan fingerprint density at radius 2 is 1.97 bits per heavy atom. The minimum absolute atomic E-state index is 0.105. The molecular weight excluding hydrogens is 416 g/mol. The van der Waals surface area contributed by atoms with Crippen molar-refractivity contribution in [2.75, 3.05) is 18.6 Å². The molecule has 2 aliphatic rings. The number of hydrogen-bond donors (Lipinski definition) is 1. The largest absolute Gasteiger partial charge is 0.507 e. The van der Waals surface area contributed by atoms with Crippen LogP contribution in [0, 0.1) is 0 Å². The lowest BCUT2D eigenvalue weighted by atomic mass is 9.73. The molecule has 0 aromatic heterocycles. The zero-order valence-corrected chi connectivity index (χ0v) is 19.4. The number of ether oxygens (including phenoxy) is 2. The van der Waals surface area contributed by atoms with Gasteiger partial charge in [-0.05, 0) is 55.0 Å². The van der Waals surface area contributed by atoms with Gasteiger partial charge in [0.15, 0.2) is 0 Å². The molecule has 2 unspecified atom stereocenters. The number of rotatable bonds is 4. The van der Waals surface area contributed by atoms with Gasteiger partial charge >= 0.3 is 5.97 Å². The molecule has 0 radical (unpaired) electrons. The van der Waals surface area contributed by atoms with Crippen molar-refractivity contribution in [3.05, 3.63) is 59.7 Å². The molecule has 5 rings (SSSR count). The Bertz CT molecular complexity index is 1300. The van der Waals surface area contributed by atoms with E-state index < -0.39 is 11.7 Å². The molecule has 2 heterocycles. The van der Waals surface area contributed by atoms with E-state index in [1.807, 2.05) is 18.3 Å². The highest BCUT2D eigenvalue weighted by atomic mass is 16.5. The molecule has 33 heavy (non-hydrogen) atoms. The van der Waals surface area contributed by atoms with Crippen LogP contribution in [0.2, 0.25) is 0 Å². The molecule has 0 bridgehead atoms. The number of nitrogens with zero attached hydrogens (tertiary/aromatic N) is 2. The third kappa shape index (κ3) is 2.79. The van der Waals surface area contributed by atoms with Crippen molar-refractivity contribution in [3.63, 3.8) is 0 Å². The Morgan fingerprint density at radius 3 is 2.70 bits per heavy atom. The van der Waals surface area contributed by atoms with Crippen LogP contribution in [-0.2, 0) is 10.2 Å². The molecule has 0 aliphatic carbocycles. The number of esters is 1. The molecule has 0 amide bonds. The number of aliphatic imine (C=N–C) groups is 1. The lowest BCUT2D eigenvalue weighted by molar-refractivity contribution is 0.0597. The van der Waals surface area contributed by atoms with Gasteiger partial charge in [0.2, 0.25) is 5.72 Å². The maximum absolute atomic E-state index is 12.2. The average Bonchev–Trinajstić information content (AvgIpc) is 3.03. The molecule has 1 spiro atoms. The summed E-state index contributed by atoms with van der Waals surface area (Å²) in [4.78, 5) is 19.4. The summed E-state index contributed by atoms with van der Waals surface area (Å²) in [5.41, 5.74) is 2.12. The quantitative estimate of drug-likeness (QED) is 0.521. The Morgan fingerprint density at radius 1 is 1.18 bits per heavy atom. The number of phenols is 1. The molecular formula is C27H28N2O4. The second kappa shape index (κ2) is 7.51. The van der Waals surface area contributed by atoms with E-state index in [0.29, 0.717) is 11.4 Å². The monoisotopic (exact) mass is 444 g/mol. The van der Waals surface area contributed by atoms with Crippen molar-refractivity contribution in [1.29, 1.82) is 0 Å². The summed E-state index contributed by atoms with van der Waals surface area (Å²) in [7, 11) is 1.29. The summed E-state index contributed by atoms with van der Waals surface area (Å²) in [5.74, 6) is -0.0615. The minimum atomic E-state index is -0.760. The molecule has 2 aliphatic heterocycles. The van der Waals surface area contributed by atoms with E-state index in [4.69, 9.17) is 14.5 Å². The maximum Gasteiger partial charge on any atom is 0.341 e. The van der Waals surface area contributed by atoms with E-state index >= 15 is 0 Å². The minimum Gasteiger partial charge on any atom is -0.507 e. The SMILES string of the molecule is CCCN1c2ccccc2C(C)(CC)C12C=Nc1c(ccc3cc(O)c(C(=O)OC)cc13)O2. The van der Waals surface area contributed by atoms with Crippen molar-refractivity contribution >= 4 is 34.3 Å². The number of methoxy groups -OCH3 is 1. The van der Waals surface area contributed by atoms with E-state index in [9.17, 15) is 9.90 Å². The second-order valence-corrected chi connectivity index (χ2v) is 8.91. The Labute approximate surface area is 193 Å². The van der Waals surface area contributed by atoms with Gasteiger partial charge in [0.25, 0.3) is 0 Å². The van der Waals surface area contributed by atoms with Crippen molar-refractivity contribution in [2.45, 2.75) is 44.8 Å². The van der Waals surface area contributed by atoms with Gasteiger partial charge in [0.05, 0.1) is 18.7 Å². The van der Waals surface area contributed by atoms with E-state index in [-0.39, 0.29) is 16.7 Å². The normalized spacial score (nSPS) is 22.8. The van der Waals surface area contributed by atoms with Gasteiger partial charge in [-0.2, -0.15) is 0 Å². The Kier molecular flexibility index (Phi) is 4.85. The van der Waals surface area contributed by atoms with E-state index in [2.05, 4.69) is 49.9 Å². The van der Waals surface area contributed by atoms with Gasteiger partial charge in [-0.25, -0.2) is 4.79 Å². The van der Waals surface area contributed by atoms with E-state index in [1.165, 1.54) is 18.4 Å². The van der Waals surface area contributed by atoms with Gasteiger partial charge in [0.1, 0.15) is 22.7 Å². The molecule has 0 saturated heterocycles. The number of anilines is 1. The highest BCUT2D eigenvalue weighted by Gasteiger charge is 2.61. The number of phenolic OH excluding ortho intramolecular Hbond substituents is 1. The lowest BCUT2D eigenvalue weighted by Crippen LogP contribution is -2.63. The standard InChI is InChI=1S/C27H28N2O4/c1-5-13-29-21-10-8-7-9-20(21)26(3,6-2)27(29)16-28-24-18-15-19(25(31)32-4)22(30)14-17(18)11-12-23(24)33-27/h7-12,14-16,30H,5-6,13H2,1-4H3.